The van der Waals surface area contributed by atoms with Crippen LogP contribution in [0.1, 0.15) is 32.8 Å². The highest BCUT2D eigenvalue weighted by Crippen LogP contribution is 2.38. The van der Waals surface area contributed by atoms with E-state index in [1.54, 1.807) is 51.9 Å². The van der Waals surface area contributed by atoms with Crippen molar-refractivity contribution in [1.29, 1.82) is 0 Å². The number of thiocarbonyl (C=S) groups is 1. The normalized spacial score (nSPS) is 12.1. The van der Waals surface area contributed by atoms with Gasteiger partial charge in [0.2, 0.25) is 11.7 Å². The second-order valence-corrected chi connectivity index (χ2v) is 8.87. The Morgan fingerprint density at radius 3 is 2.30 bits per heavy atom. The van der Waals surface area contributed by atoms with Gasteiger partial charge in [-0.2, -0.15) is 0 Å². The molecule has 1 aromatic heterocycles. The van der Waals surface area contributed by atoms with Crippen molar-refractivity contribution in [2.24, 2.45) is 5.41 Å². The monoisotopic (exact) mass is 472 g/mol. The van der Waals surface area contributed by atoms with Gasteiger partial charge in [-0.3, -0.25) is 9.78 Å². The van der Waals surface area contributed by atoms with Crippen LogP contribution in [0.4, 0.5) is 5.69 Å². The third kappa shape index (κ3) is 8.61. The van der Waals surface area contributed by atoms with Crippen molar-refractivity contribution < 1.29 is 19.0 Å². The molecule has 0 aliphatic rings. The molecule has 1 unspecified atom stereocenters. The van der Waals surface area contributed by atoms with E-state index in [9.17, 15) is 4.79 Å². The molecule has 178 valence electrons. The van der Waals surface area contributed by atoms with Gasteiger partial charge in [0, 0.05) is 12.3 Å². The zero-order chi connectivity index (χ0) is 24.4. The summed E-state index contributed by atoms with van der Waals surface area (Å²) < 4.78 is 16.1. The van der Waals surface area contributed by atoms with Crippen LogP contribution in [0.5, 0.6) is 17.2 Å². The molecule has 33 heavy (non-hydrogen) atoms. The molecule has 1 heterocycles. The van der Waals surface area contributed by atoms with Crippen molar-refractivity contribution in [2.45, 2.75) is 33.4 Å². The SMILES string of the molecule is COc1cc(C=CC(=O)NC(CC(C)(C)C)NC(=S)Nc2cccnc2)cc(OC)c1OC. The Kier molecular flexibility index (Phi) is 9.47. The van der Waals surface area contributed by atoms with Crippen LogP contribution in [0.3, 0.4) is 0 Å². The molecule has 2 rings (SSSR count). The highest BCUT2D eigenvalue weighted by Gasteiger charge is 2.21. The van der Waals surface area contributed by atoms with Gasteiger partial charge < -0.3 is 30.2 Å². The zero-order valence-corrected chi connectivity index (χ0v) is 20.7. The van der Waals surface area contributed by atoms with Crippen molar-refractivity contribution in [3.8, 4) is 17.2 Å². The largest absolute Gasteiger partial charge is 0.493 e. The van der Waals surface area contributed by atoms with Gasteiger partial charge in [-0.05, 0) is 60.0 Å². The van der Waals surface area contributed by atoms with Crippen molar-refractivity contribution in [2.75, 3.05) is 26.6 Å². The molecular formula is C24H32N4O4S. The van der Waals surface area contributed by atoms with Gasteiger partial charge in [-0.1, -0.05) is 20.8 Å². The fourth-order valence-corrected chi connectivity index (χ4v) is 3.36. The molecule has 1 atom stereocenters. The molecule has 1 amide bonds. The Hall–Kier alpha value is -3.33. The summed E-state index contributed by atoms with van der Waals surface area (Å²) in [6.45, 7) is 6.28. The van der Waals surface area contributed by atoms with Crippen LogP contribution in [0.25, 0.3) is 6.08 Å². The molecular weight excluding hydrogens is 440 g/mol. The molecule has 0 saturated heterocycles. The number of aromatic nitrogens is 1. The lowest BCUT2D eigenvalue weighted by Gasteiger charge is -2.28. The number of hydrogen-bond donors (Lipinski definition) is 3. The topological polar surface area (TPSA) is 93.7 Å². The van der Waals surface area contributed by atoms with E-state index < -0.39 is 0 Å². The number of ether oxygens (including phenoxy) is 3. The maximum absolute atomic E-state index is 12.7. The van der Waals surface area contributed by atoms with E-state index in [4.69, 9.17) is 26.4 Å². The zero-order valence-electron chi connectivity index (χ0n) is 19.9. The second kappa shape index (κ2) is 12.1. The van der Waals surface area contributed by atoms with Gasteiger partial charge in [0.1, 0.15) is 6.17 Å². The summed E-state index contributed by atoms with van der Waals surface area (Å²) in [6.07, 6.45) is 6.77. The Bertz CT molecular complexity index is 949. The number of carbonyl (C=O) groups excluding carboxylic acids is 1. The third-order valence-corrected chi connectivity index (χ3v) is 4.69. The second-order valence-electron chi connectivity index (χ2n) is 8.46. The Labute approximate surface area is 200 Å². The van der Waals surface area contributed by atoms with Crippen LogP contribution in [0.2, 0.25) is 0 Å². The molecule has 1 aromatic carbocycles. The number of nitrogens with one attached hydrogen (secondary N) is 3. The van der Waals surface area contributed by atoms with Crippen LogP contribution in [-0.4, -0.2) is 43.5 Å². The first-order valence-electron chi connectivity index (χ1n) is 10.4. The number of benzene rings is 1. The Balaban J connectivity index is 2.10. The standard InChI is InChI=1S/C24H32N4O4S/c1-24(2,3)14-20(28-23(33)26-17-8-7-11-25-15-17)27-21(29)10-9-16-12-18(30-4)22(32-6)19(13-16)31-5/h7-13,15,20H,14H2,1-6H3,(H,27,29)(H2,26,28,33). The molecule has 0 bridgehead atoms. The van der Waals surface area contributed by atoms with E-state index >= 15 is 0 Å². The van der Waals surface area contributed by atoms with Gasteiger partial charge in [0.25, 0.3) is 0 Å². The number of amides is 1. The molecule has 8 nitrogen and oxygen atoms in total. The van der Waals surface area contributed by atoms with Gasteiger partial charge in [0.05, 0.1) is 33.2 Å². The minimum Gasteiger partial charge on any atom is -0.493 e. The van der Waals surface area contributed by atoms with Crippen LogP contribution < -0.4 is 30.2 Å². The van der Waals surface area contributed by atoms with E-state index in [0.29, 0.717) is 28.8 Å². The summed E-state index contributed by atoms with van der Waals surface area (Å²) in [5, 5.41) is 9.61. The van der Waals surface area contributed by atoms with Crippen molar-refractivity contribution in [1.82, 2.24) is 15.6 Å². The molecule has 0 fully saturated rings. The number of pyridine rings is 1. The fraction of sp³-hybridized carbons (Fsp3) is 0.375. The average molecular weight is 473 g/mol. The van der Waals surface area contributed by atoms with Crippen LogP contribution in [-0.2, 0) is 4.79 Å². The predicted octanol–water partition coefficient (Wildman–Crippen LogP) is 3.99. The third-order valence-electron chi connectivity index (χ3n) is 4.47. The predicted molar refractivity (Wildman–Crippen MR) is 135 cm³/mol. The molecule has 0 saturated carbocycles. The molecule has 0 aliphatic carbocycles. The van der Waals surface area contributed by atoms with Crippen LogP contribution in [0.15, 0.2) is 42.7 Å². The summed E-state index contributed by atoms with van der Waals surface area (Å²) in [5.74, 6) is 1.24. The summed E-state index contributed by atoms with van der Waals surface area (Å²) in [7, 11) is 4.63. The van der Waals surface area contributed by atoms with Gasteiger partial charge in [-0.25, -0.2) is 0 Å². The highest BCUT2D eigenvalue weighted by molar-refractivity contribution is 7.80. The first-order valence-corrected chi connectivity index (χ1v) is 10.8. The van der Waals surface area contributed by atoms with Crippen molar-refractivity contribution in [3.05, 3.63) is 48.3 Å². The average Bonchev–Trinajstić information content (AvgIpc) is 2.76. The number of rotatable bonds is 9. The fourth-order valence-electron chi connectivity index (χ4n) is 3.10. The lowest BCUT2D eigenvalue weighted by molar-refractivity contribution is -0.117. The molecule has 2 aromatic rings. The van der Waals surface area contributed by atoms with E-state index in [-0.39, 0.29) is 17.5 Å². The molecule has 0 aliphatic heterocycles. The first kappa shape index (κ1) is 25.9. The molecule has 3 N–H and O–H groups in total. The van der Waals surface area contributed by atoms with Gasteiger partial charge in [-0.15, -0.1) is 0 Å². The maximum atomic E-state index is 12.7. The smallest absolute Gasteiger partial charge is 0.245 e. The van der Waals surface area contributed by atoms with Crippen LogP contribution >= 0.6 is 12.2 Å². The summed E-state index contributed by atoms with van der Waals surface area (Å²) >= 11 is 5.42. The van der Waals surface area contributed by atoms with Crippen molar-refractivity contribution in [3.63, 3.8) is 0 Å². The molecule has 9 heteroatoms. The summed E-state index contributed by atoms with van der Waals surface area (Å²) in [4.78, 5) is 16.7. The molecule has 0 spiro atoms. The van der Waals surface area contributed by atoms with E-state index in [2.05, 4.69) is 41.7 Å². The minimum atomic E-state index is -0.376. The highest BCUT2D eigenvalue weighted by atomic mass is 32.1. The lowest BCUT2D eigenvalue weighted by Crippen LogP contribution is -2.50. The molecule has 0 radical (unpaired) electrons. The number of hydrogen-bond acceptors (Lipinski definition) is 6. The summed E-state index contributed by atoms with van der Waals surface area (Å²) in [5.41, 5.74) is 1.45. The van der Waals surface area contributed by atoms with Crippen LogP contribution in [0, 0.1) is 5.41 Å². The minimum absolute atomic E-state index is 0.0463. The summed E-state index contributed by atoms with van der Waals surface area (Å²) in [6, 6.07) is 7.21. The quantitative estimate of drug-likeness (QED) is 0.287. The first-order chi connectivity index (χ1) is 15.6. The lowest BCUT2D eigenvalue weighted by atomic mass is 9.90. The van der Waals surface area contributed by atoms with Crippen molar-refractivity contribution >= 4 is 35.0 Å². The van der Waals surface area contributed by atoms with E-state index in [1.807, 2.05) is 12.1 Å². The number of methoxy groups -OCH3 is 3. The van der Waals surface area contributed by atoms with E-state index in [1.165, 1.54) is 6.08 Å². The maximum Gasteiger partial charge on any atom is 0.245 e. The number of anilines is 1. The van der Waals surface area contributed by atoms with Gasteiger partial charge >= 0.3 is 0 Å². The Morgan fingerprint density at radius 2 is 1.79 bits per heavy atom. The Morgan fingerprint density at radius 1 is 1.12 bits per heavy atom. The number of carbonyl (C=O) groups is 1. The van der Waals surface area contributed by atoms with Gasteiger partial charge in [0.15, 0.2) is 16.6 Å². The van der Waals surface area contributed by atoms with E-state index in [0.717, 1.165) is 11.3 Å². The number of nitrogens with zero attached hydrogens (tertiary/aromatic N) is 1.